The van der Waals surface area contributed by atoms with E-state index in [4.69, 9.17) is 9.15 Å². The summed E-state index contributed by atoms with van der Waals surface area (Å²) in [5.41, 5.74) is 2.43. The van der Waals surface area contributed by atoms with Crippen LogP contribution in [-0.2, 0) is 11.3 Å². The highest BCUT2D eigenvalue weighted by Crippen LogP contribution is 2.39. The highest BCUT2D eigenvalue weighted by molar-refractivity contribution is 7.08. The maximum Gasteiger partial charge on any atom is 0.227 e. The van der Waals surface area contributed by atoms with Crippen molar-refractivity contribution >= 4 is 11.3 Å². The lowest BCUT2D eigenvalue weighted by molar-refractivity contribution is -0.0285. The van der Waals surface area contributed by atoms with Crippen LogP contribution in [0.1, 0.15) is 24.3 Å². The molecule has 0 radical (unpaired) electrons. The van der Waals surface area contributed by atoms with Crippen molar-refractivity contribution < 1.29 is 9.15 Å². The summed E-state index contributed by atoms with van der Waals surface area (Å²) in [6.45, 7) is 5.80. The van der Waals surface area contributed by atoms with Gasteiger partial charge < -0.3 is 9.15 Å². The number of aromatic nitrogens is 1. The first-order valence-corrected chi connectivity index (χ1v) is 8.03. The normalized spacial score (nSPS) is 26.2. The number of thiophene rings is 1. The molecule has 0 bridgehead atoms. The number of rotatable bonds is 3. The maximum atomic E-state index is 5.82. The molecule has 2 fully saturated rings. The van der Waals surface area contributed by atoms with Crippen molar-refractivity contribution in [1.82, 2.24) is 9.88 Å². The molecular formula is C15H18N2O2S. The fraction of sp³-hybridized carbons (Fsp3) is 0.533. The second-order valence-electron chi connectivity index (χ2n) is 5.73. The topological polar surface area (TPSA) is 38.5 Å². The van der Waals surface area contributed by atoms with Crippen molar-refractivity contribution in [3.63, 3.8) is 0 Å². The standard InChI is InChI=1S/C15H18N2O2S/c1-11-13(16-14(19-11)12-2-7-20-9-12)8-17-5-3-15(17)4-6-18-10-15/h2,7,9H,3-6,8,10H2,1H3. The van der Waals surface area contributed by atoms with Crippen LogP contribution >= 0.6 is 11.3 Å². The molecule has 5 heteroatoms. The SMILES string of the molecule is Cc1oc(-c2ccsc2)nc1CN1CCC12CCOC2. The Labute approximate surface area is 122 Å². The summed E-state index contributed by atoms with van der Waals surface area (Å²) in [7, 11) is 0. The van der Waals surface area contributed by atoms with Gasteiger partial charge >= 0.3 is 0 Å². The first-order chi connectivity index (χ1) is 9.77. The molecule has 0 N–H and O–H groups in total. The van der Waals surface area contributed by atoms with Crippen molar-refractivity contribution in [2.24, 2.45) is 0 Å². The Morgan fingerprint density at radius 1 is 1.45 bits per heavy atom. The largest absolute Gasteiger partial charge is 0.441 e. The third-order valence-corrected chi connectivity index (χ3v) is 5.29. The Balaban J connectivity index is 1.55. The Bertz CT molecular complexity index is 599. The molecule has 106 valence electrons. The molecule has 2 aliphatic rings. The number of hydrogen-bond donors (Lipinski definition) is 0. The van der Waals surface area contributed by atoms with Gasteiger partial charge in [-0.25, -0.2) is 4.98 Å². The summed E-state index contributed by atoms with van der Waals surface area (Å²) >= 11 is 1.67. The number of likely N-dealkylation sites (tertiary alicyclic amines) is 1. The number of aryl methyl sites for hydroxylation is 1. The van der Waals surface area contributed by atoms with E-state index in [1.807, 2.05) is 6.92 Å². The third kappa shape index (κ3) is 1.92. The Morgan fingerprint density at radius 2 is 2.40 bits per heavy atom. The predicted octanol–water partition coefficient (Wildman–Crippen LogP) is 3.08. The van der Waals surface area contributed by atoms with Gasteiger partial charge in [-0.05, 0) is 31.2 Å². The van der Waals surface area contributed by atoms with Crippen LogP contribution in [0, 0.1) is 6.92 Å². The molecule has 20 heavy (non-hydrogen) atoms. The van der Waals surface area contributed by atoms with Gasteiger partial charge in [0.15, 0.2) is 0 Å². The van der Waals surface area contributed by atoms with Gasteiger partial charge in [-0.15, -0.1) is 0 Å². The van der Waals surface area contributed by atoms with E-state index in [-0.39, 0.29) is 5.54 Å². The van der Waals surface area contributed by atoms with Crippen molar-refractivity contribution in [2.75, 3.05) is 19.8 Å². The number of hydrogen-bond acceptors (Lipinski definition) is 5. The van der Waals surface area contributed by atoms with Crippen molar-refractivity contribution in [3.05, 3.63) is 28.3 Å². The highest BCUT2D eigenvalue weighted by Gasteiger charge is 2.47. The van der Waals surface area contributed by atoms with Gasteiger partial charge in [0.05, 0.1) is 12.3 Å². The van der Waals surface area contributed by atoms with Gasteiger partial charge in [0.2, 0.25) is 5.89 Å². The molecule has 1 unspecified atom stereocenters. The number of ether oxygens (including phenoxy) is 1. The molecule has 4 rings (SSSR count). The molecular weight excluding hydrogens is 272 g/mol. The zero-order valence-corrected chi connectivity index (χ0v) is 12.4. The van der Waals surface area contributed by atoms with Crippen molar-refractivity contribution in [1.29, 1.82) is 0 Å². The van der Waals surface area contributed by atoms with E-state index in [1.54, 1.807) is 11.3 Å². The molecule has 2 aromatic heterocycles. The van der Waals surface area contributed by atoms with E-state index in [2.05, 4.69) is 26.7 Å². The van der Waals surface area contributed by atoms with E-state index in [0.29, 0.717) is 0 Å². The van der Waals surface area contributed by atoms with Gasteiger partial charge in [-0.1, -0.05) is 0 Å². The van der Waals surface area contributed by atoms with Crippen LogP contribution in [0.3, 0.4) is 0 Å². The minimum Gasteiger partial charge on any atom is -0.441 e. The summed E-state index contributed by atoms with van der Waals surface area (Å²) < 4.78 is 11.4. The van der Waals surface area contributed by atoms with Gasteiger partial charge in [-0.3, -0.25) is 4.90 Å². The molecule has 1 spiro atoms. The molecule has 2 aromatic rings. The van der Waals surface area contributed by atoms with Crippen LogP contribution in [0.25, 0.3) is 11.5 Å². The van der Waals surface area contributed by atoms with Crippen LogP contribution in [0.15, 0.2) is 21.2 Å². The molecule has 1 atom stereocenters. The lowest BCUT2D eigenvalue weighted by Crippen LogP contribution is -2.59. The van der Waals surface area contributed by atoms with Crippen LogP contribution in [-0.4, -0.2) is 35.2 Å². The zero-order valence-electron chi connectivity index (χ0n) is 11.6. The number of oxazole rings is 1. The molecule has 0 aliphatic carbocycles. The van der Waals surface area contributed by atoms with E-state index in [1.165, 1.54) is 6.42 Å². The zero-order chi connectivity index (χ0) is 13.6. The molecule has 2 saturated heterocycles. The van der Waals surface area contributed by atoms with Crippen LogP contribution < -0.4 is 0 Å². The fourth-order valence-corrected chi connectivity index (χ4v) is 3.77. The lowest BCUT2D eigenvalue weighted by atomic mass is 9.84. The van der Waals surface area contributed by atoms with Gasteiger partial charge in [-0.2, -0.15) is 11.3 Å². The van der Waals surface area contributed by atoms with Crippen molar-refractivity contribution in [2.45, 2.75) is 31.8 Å². The predicted molar refractivity (Wildman–Crippen MR) is 77.7 cm³/mol. The molecule has 0 aromatic carbocycles. The first kappa shape index (κ1) is 12.6. The summed E-state index contributed by atoms with van der Waals surface area (Å²) in [4.78, 5) is 7.19. The van der Waals surface area contributed by atoms with E-state index >= 15 is 0 Å². The van der Waals surface area contributed by atoms with Crippen LogP contribution in [0.2, 0.25) is 0 Å². The number of nitrogens with zero attached hydrogens (tertiary/aromatic N) is 2. The summed E-state index contributed by atoms with van der Waals surface area (Å²) in [6.07, 6.45) is 2.41. The monoisotopic (exact) mass is 290 g/mol. The molecule has 4 heterocycles. The van der Waals surface area contributed by atoms with E-state index < -0.39 is 0 Å². The van der Waals surface area contributed by atoms with Gasteiger partial charge in [0.25, 0.3) is 0 Å². The fourth-order valence-electron chi connectivity index (χ4n) is 3.14. The summed E-state index contributed by atoms with van der Waals surface area (Å²) in [6, 6.07) is 2.05. The van der Waals surface area contributed by atoms with E-state index in [0.717, 1.165) is 55.6 Å². The average Bonchev–Trinajstić information content (AvgIpc) is 3.16. The second kappa shape index (κ2) is 4.69. The minimum absolute atomic E-state index is 0.286. The molecule has 2 aliphatic heterocycles. The van der Waals surface area contributed by atoms with Crippen LogP contribution in [0.5, 0.6) is 0 Å². The quantitative estimate of drug-likeness (QED) is 0.871. The minimum atomic E-state index is 0.286. The third-order valence-electron chi connectivity index (χ3n) is 4.60. The Kier molecular flexibility index (Phi) is 2.94. The molecule has 0 saturated carbocycles. The van der Waals surface area contributed by atoms with Gasteiger partial charge in [0.1, 0.15) is 5.76 Å². The van der Waals surface area contributed by atoms with Gasteiger partial charge in [0, 0.05) is 36.2 Å². The molecule has 4 nitrogen and oxygen atoms in total. The highest BCUT2D eigenvalue weighted by atomic mass is 32.1. The smallest absolute Gasteiger partial charge is 0.227 e. The average molecular weight is 290 g/mol. The Hall–Kier alpha value is -1.17. The van der Waals surface area contributed by atoms with E-state index in [9.17, 15) is 0 Å². The molecule has 0 amide bonds. The first-order valence-electron chi connectivity index (χ1n) is 7.09. The second-order valence-corrected chi connectivity index (χ2v) is 6.51. The van der Waals surface area contributed by atoms with Crippen molar-refractivity contribution in [3.8, 4) is 11.5 Å². The Morgan fingerprint density at radius 3 is 3.05 bits per heavy atom. The maximum absolute atomic E-state index is 5.82. The lowest BCUT2D eigenvalue weighted by Gasteiger charge is -2.49. The summed E-state index contributed by atoms with van der Waals surface area (Å²) in [5, 5.41) is 4.12. The van der Waals surface area contributed by atoms with Crippen LogP contribution in [0.4, 0.5) is 0 Å². The summed E-state index contributed by atoms with van der Waals surface area (Å²) in [5.74, 6) is 1.68.